The third kappa shape index (κ3) is 5.39. The van der Waals surface area contributed by atoms with Crippen LogP contribution in [0.1, 0.15) is 19.8 Å². The number of hydrogen-bond acceptors (Lipinski definition) is 7. The quantitative estimate of drug-likeness (QED) is 0.268. The molecule has 0 unspecified atom stereocenters. The first kappa shape index (κ1) is 14.5. The summed E-state index contributed by atoms with van der Waals surface area (Å²) >= 11 is 0. The molecule has 6 N–H and O–H groups in total. The third-order valence-corrected chi connectivity index (χ3v) is 1.80. The molecule has 8 heteroatoms. The van der Waals surface area contributed by atoms with Crippen molar-refractivity contribution >= 4 is 17.7 Å². The largest absolute Gasteiger partial charge is 0.372 e. The van der Waals surface area contributed by atoms with Crippen molar-refractivity contribution in [3.8, 4) is 0 Å². The zero-order chi connectivity index (χ0) is 12.7. The zero-order valence-corrected chi connectivity index (χ0v) is 9.01. The van der Waals surface area contributed by atoms with Gasteiger partial charge >= 0.3 is 5.97 Å². The van der Waals surface area contributed by atoms with Crippen LogP contribution in [0.5, 0.6) is 0 Å². The van der Waals surface area contributed by atoms with Crippen molar-refractivity contribution in [2.75, 3.05) is 6.54 Å². The molecule has 1 amide bonds. The summed E-state index contributed by atoms with van der Waals surface area (Å²) in [4.78, 5) is 36.7. The molecule has 0 aromatic rings. The Balaban J connectivity index is 3.97. The molecular formula is C8H16N4O4. The van der Waals surface area contributed by atoms with Crippen LogP contribution in [0.15, 0.2) is 0 Å². The van der Waals surface area contributed by atoms with Gasteiger partial charge in [-0.3, -0.25) is 14.6 Å². The predicted octanol–water partition coefficient (Wildman–Crippen LogP) is -2.20. The second kappa shape index (κ2) is 6.88. The summed E-state index contributed by atoms with van der Waals surface area (Å²) < 4.78 is 0. The van der Waals surface area contributed by atoms with Crippen molar-refractivity contribution in [3.05, 3.63) is 0 Å². The summed E-state index contributed by atoms with van der Waals surface area (Å²) in [6.45, 7) is 1.14. The van der Waals surface area contributed by atoms with E-state index in [0.717, 1.165) is 5.01 Å². The SMILES string of the molecule is CC(=O)CN(N)C(=O)CC[C@H](N)C(=O)ON. The summed E-state index contributed by atoms with van der Waals surface area (Å²) in [5.41, 5.74) is 5.34. The molecule has 0 heterocycles. The lowest BCUT2D eigenvalue weighted by Crippen LogP contribution is -2.42. The van der Waals surface area contributed by atoms with Gasteiger partial charge < -0.3 is 10.6 Å². The van der Waals surface area contributed by atoms with E-state index in [1.165, 1.54) is 6.92 Å². The lowest BCUT2D eigenvalue weighted by molar-refractivity contribution is -0.146. The van der Waals surface area contributed by atoms with E-state index in [0.29, 0.717) is 0 Å². The van der Waals surface area contributed by atoms with Gasteiger partial charge in [0.25, 0.3) is 0 Å². The van der Waals surface area contributed by atoms with Gasteiger partial charge in [0.1, 0.15) is 6.04 Å². The Morgan fingerprint density at radius 2 is 1.94 bits per heavy atom. The highest BCUT2D eigenvalue weighted by Crippen LogP contribution is 1.99. The topological polar surface area (TPSA) is 142 Å². The molecule has 0 saturated carbocycles. The number of carbonyl (C=O) groups excluding carboxylic acids is 3. The number of Topliss-reactive ketones (excluding diaryl/α,β-unsaturated/α-hetero) is 1. The maximum Gasteiger partial charge on any atom is 0.341 e. The van der Waals surface area contributed by atoms with Crippen LogP contribution in [0.2, 0.25) is 0 Å². The smallest absolute Gasteiger partial charge is 0.341 e. The van der Waals surface area contributed by atoms with Gasteiger partial charge in [-0.2, -0.15) is 5.90 Å². The van der Waals surface area contributed by atoms with E-state index in [1.54, 1.807) is 0 Å². The standard InChI is InChI=1S/C8H16N4O4/c1-5(13)4-12(10)7(14)3-2-6(9)8(15)16-11/h6H,2-4,9-11H2,1H3/t6-/m0/s1. The molecule has 0 bridgehead atoms. The van der Waals surface area contributed by atoms with Gasteiger partial charge in [-0.05, 0) is 13.3 Å². The molecule has 0 aromatic carbocycles. The summed E-state index contributed by atoms with van der Waals surface area (Å²) in [7, 11) is 0. The van der Waals surface area contributed by atoms with E-state index in [1.807, 2.05) is 0 Å². The minimum Gasteiger partial charge on any atom is -0.372 e. The Kier molecular flexibility index (Phi) is 6.23. The first-order chi connectivity index (χ1) is 7.38. The normalized spacial score (nSPS) is 11.8. The number of nitrogens with zero attached hydrogens (tertiary/aromatic N) is 1. The van der Waals surface area contributed by atoms with Crippen molar-refractivity contribution in [2.45, 2.75) is 25.8 Å². The van der Waals surface area contributed by atoms with Gasteiger partial charge in [-0.25, -0.2) is 10.6 Å². The molecule has 0 aromatic heterocycles. The first-order valence-electron chi connectivity index (χ1n) is 4.59. The highest BCUT2D eigenvalue weighted by molar-refractivity contribution is 5.84. The number of hydrazine groups is 1. The first-order valence-corrected chi connectivity index (χ1v) is 4.59. The van der Waals surface area contributed by atoms with Gasteiger partial charge in [0.2, 0.25) is 5.91 Å². The van der Waals surface area contributed by atoms with Gasteiger partial charge in [0.05, 0.1) is 6.54 Å². The van der Waals surface area contributed by atoms with Crippen LogP contribution in [-0.4, -0.2) is 35.3 Å². The van der Waals surface area contributed by atoms with Crippen LogP contribution in [0.25, 0.3) is 0 Å². The number of amides is 1. The van der Waals surface area contributed by atoms with Crippen LogP contribution >= 0.6 is 0 Å². The summed E-state index contributed by atoms with van der Waals surface area (Å²) in [5.74, 6) is 8.39. The van der Waals surface area contributed by atoms with Crippen molar-refractivity contribution in [1.82, 2.24) is 5.01 Å². The Morgan fingerprint density at radius 1 is 1.38 bits per heavy atom. The molecule has 0 radical (unpaired) electrons. The molecular weight excluding hydrogens is 216 g/mol. The number of rotatable bonds is 6. The Hall–Kier alpha value is -1.51. The van der Waals surface area contributed by atoms with Crippen LogP contribution in [0, 0.1) is 0 Å². The van der Waals surface area contributed by atoms with Gasteiger partial charge in [0, 0.05) is 6.42 Å². The average molecular weight is 232 g/mol. The molecule has 92 valence electrons. The Bertz CT molecular complexity index is 281. The summed E-state index contributed by atoms with van der Waals surface area (Å²) in [5, 5.41) is 0.781. The molecule has 0 rings (SSSR count). The lowest BCUT2D eigenvalue weighted by Gasteiger charge is -2.15. The monoisotopic (exact) mass is 232 g/mol. The molecule has 8 nitrogen and oxygen atoms in total. The van der Waals surface area contributed by atoms with Gasteiger partial charge in [0.15, 0.2) is 5.78 Å². The van der Waals surface area contributed by atoms with Crippen LogP contribution in [0.4, 0.5) is 0 Å². The fourth-order valence-corrected chi connectivity index (χ4v) is 0.956. The molecule has 0 fully saturated rings. The summed E-state index contributed by atoms with van der Waals surface area (Å²) in [6, 6.07) is -0.973. The van der Waals surface area contributed by atoms with Crippen molar-refractivity contribution in [2.24, 2.45) is 17.5 Å². The van der Waals surface area contributed by atoms with E-state index in [2.05, 4.69) is 10.7 Å². The number of ketones is 1. The number of carbonyl (C=O) groups is 3. The molecule has 1 atom stereocenters. The molecule has 0 aliphatic rings. The second-order valence-corrected chi connectivity index (χ2v) is 3.31. The maximum atomic E-state index is 11.3. The van der Waals surface area contributed by atoms with E-state index < -0.39 is 17.9 Å². The minimum absolute atomic E-state index is 0.0555. The van der Waals surface area contributed by atoms with Gasteiger partial charge in [-0.15, -0.1) is 0 Å². The van der Waals surface area contributed by atoms with E-state index in [4.69, 9.17) is 11.6 Å². The molecule has 0 aliphatic heterocycles. The number of hydrogen-bond donors (Lipinski definition) is 3. The Morgan fingerprint density at radius 3 is 2.38 bits per heavy atom. The molecule has 0 saturated heterocycles. The number of nitrogens with two attached hydrogens (primary N) is 3. The highest BCUT2D eigenvalue weighted by Gasteiger charge is 2.18. The second-order valence-electron chi connectivity index (χ2n) is 3.31. The zero-order valence-electron chi connectivity index (χ0n) is 9.01. The van der Waals surface area contributed by atoms with Crippen molar-refractivity contribution < 1.29 is 19.2 Å². The van der Waals surface area contributed by atoms with Crippen molar-refractivity contribution in [3.63, 3.8) is 0 Å². The summed E-state index contributed by atoms with van der Waals surface area (Å²) in [6.07, 6.45) is 0.000514. The third-order valence-electron chi connectivity index (χ3n) is 1.80. The van der Waals surface area contributed by atoms with Crippen LogP contribution in [-0.2, 0) is 19.2 Å². The lowest BCUT2D eigenvalue weighted by atomic mass is 10.1. The predicted molar refractivity (Wildman–Crippen MR) is 54.1 cm³/mol. The highest BCUT2D eigenvalue weighted by atomic mass is 16.7. The fraction of sp³-hybridized carbons (Fsp3) is 0.625. The average Bonchev–Trinajstić information content (AvgIpc) is 2.23. The van der Waals surface area contributed by atoms with E-state index in [9.17, 15) is 14.4 Å². The molecule has 0 aliphatic carbocycles. The molecule has 16 heavy (non-hydrogen) atoms. The van der Waals surface area contributed by atoms with Crippen molar-refractivity contribution in [1.29, 1.82) is 0 Å². The van der Waals surface area contributed by atoms with Crippen LogP contribution < -0.4 is 17.5 Å². The van der Waals surface area contributed by atoms with E-state index >= 15 is 0 Å². The molecule has 0 spiro atoms. The minimum atomic E-state index is -0.973. The van der Waals surface area contributed by atoms with Crippen LogP contribution in [0.3, 0.4) is 0 Å². The van der Waals surface area contributed by atoms with E-state index in [-0.39, 0.29) is 25.2 Å². The maximum absolute atomic E-state index is 11.3. The van der Waals surface area contributed by atoms with Gasteiger partial charge in [-0.1, -0.05) is 0 Å². The Labute approximate surface area is 92.6 Å². The fourth-order valence-electron chi connectivity index (χ4n) is 0.956.